The first-order chi connectivity index (χ1) is 9.21. The van der Waals surface area contributed by atoms with E-state index < -0.39 is 0 Å². The van der Waals surface area contributed by atoms with Crippen LogP contribution >= 0.6 is 0 Å². The smallest absolute Gasteiger partial charge is 0.0449 e. The number of hydrogen-bond donors (Lipinski definition) is 1. The number of nitrogens with zero attached hydrogens (tertiary/aromatic N) is 1. The largest absolute Gasteiger partial charge is 0.309 e. The maximum Gasteiger partial charge on any atom is 0.0449 e. The van der Waals surface area contributed by atoms with E-state index in [0.717, 1.165) is 19.6 Å². The van der Waals surface area contributed by atoms with Crippen molar-refractivity contribution in [2.45, 2.75) is 46.1 Å². The third-order valence-corrected chi connectivity index (χ3v) is 3.60. The number of benzene rings is 1. The molecule has 108 valence electrons. The Bertz CT molecular complexity index is 332. The summed E-state index contributed by atoms with van der Waals surface area (Å²) >= 11 is 0. The summed E-state index contributed by atoms with van der Waals surface area (Å²) in [6, 6.07) is 9.60. The van der Waals surface area contributed by atoms with Crippen LogP contribution in [-0.2, 0) is 6.42 Å². The number of nitrogens with one attached hydrogen (secondary N) is 1. The summed E-state index contributed by atoms with van der Waals surface area (Å²) in [5.74, 6) is 0. The molecule has 1 rings (SSSR count). The van der Waals surface area contributed by atoms with Crippen molar-refractivity contribution in [1.29, 1.82) is 0 Å². The Labute approximate surface area is 119 Å². The van der Waals surface area contributed by atoms with E-state index in [2.05, 4.69) is 62.3 Å². The minimum absolute atomic E-state index is 0.445. The van der Waals surface area contributed by atoms with Gasteiger partial charge in [0, 0.05) is 12.6 Å². The molecular weight excluding hydrogens is 232 g/mol. The van der Waals surface area contributed by atoms with Crippen LogP contribution in [0.25, 0.3) is 0 Å². The van der Waals surface area contributed by atoms with Crippen molar-refractivity contribution in [1.82, 2.24) is 10.2 Å². The fraction of sp³-hybridized carbons (Fsp3) is 0.647. The number of likely N-dealkylation sites (N-methyl/N-ethyl adjacent to an activating group) is 1. The minimum atomic E-state index is 0.445. The Hall–Kier alpha value is -0.860. The van der Waals surface area contributed by atoms with Crippen LogP contribution in [0.4, 0.5) is 0 Å². The van der Waals surface area contributed by atoms with Crippen LogP contribution in [0.2, 0.25) is 0 Å². The molecule has 1 atom stereocenters. The zero-order chi connectivity index (χ0) is 14.1. The van der Waals surface area contributed by atoms with Gasteiger partial charge >= 0.3 is 0 Å². The molecule has 0 aromatic heterocycles. The molecule has 0 amide bonds. The SMILES string of the molecule is CCCNC(CN(C)CC)c1ccc(CCC)cc1. The van der Waals surface area contributed by atoms with Crippen molar-refractivity contribution in [3.05, 3.63) is 35.4 Å². The molecule has 0 aliphatic heterocycles. The molecule has 0 radical (unpaired) electrons. The lowest BCUT2D eigenvalue weighted by Crippen LogP contribution is -2.33. The van der Waals surface area contributed by atoms with E-state index >= 15 is 0 Å². The molecule has 0 fully saturated rings. The van der Waals surface area contributed by atoms with Crippen LogP contribution in [0, 0.1) is 0 Å². The van der Waals surface area contributed by atoms with Crippen molar-refractivity contribution < 1.29 is 0 Å². The van der Waals surface area contributed by atoms with Crippen LogP contribution in [-0.4, -0.2) is 31.6 Å². The molecule has 0 aliphatic carbocycles. The fourth-order valence-electron chi connectivity index (χ4n) is 2.25. The van der Waals surface area contributed by atoms with Crippen molar-refractivity contribution in [3.63, 3.8) is 0 Å². The van der Waals surface area contributed by atoms with Gasteiger partial charge in [0.2, 0.25) is 0 Å². The molecule has 19 heavy (non-hydrogen) atoms. The Morgan fingerprint density at radius 1 is 1.05 bits per heavy atom. The maximum atomic E-state index is 3.66. The van der Waals surface area contributed by atoms with Gasteiger partial charge in [0.25, 0.3) is 0 Å². The van der Waals surface area contributed by atoms with Gasteiger partial charge in [-0.05, 0) is 44.1 Å². The standard InChI is InChI=1S/C17H30N2/c1-5-8-15-9-11-16(12-10-15)17(18-13-6-2)14-19(4)7-3/h9-12,17-18H,5-8,13-14H2,1-4H3. The molecule has 0 heterocycles. The third-order valence-electron chi connectivity index (χ3n) is 3.60. The topological polar surface area (TPSA) is 15.3 Å². The molecule has 2 heteroatoms. The number of hydrogen-bond acceptors (Lipinski definition) is 2. The number of rotatable bonds is 9. The van der Waals surface area contributed by atoms with Crippen LogP contribution in [0.1, 0.15) is 50.8 Å². The number of aryl methyl sites for hydroxylation is 1. The summed E-state index contributed by atoms with van der Waals surface area (Å²) in [4.78, 5) is 2.37. The second-order valence-corrected chi connectivity index (χ2v) is 5.35. The normalized spacial score (nSPS) is 12.9. The monoisotopic (exact) mass is 262 g/mol. The summed E-state index contributed by atoms with van der Waals surface area (Å²) in [7, 11) is 2.19. The first-order valence-electron chi connectivity index (χ1n) is 7.72. The molecular formula is C17H30N2. The zero-order valence-corrected chi connectivity index (χ0v) is 13.1. The average Bonchev–Trinajstić information content (AvgIpc) is 2.44. The lowest BCUT2D eigenvalue weighted by Gasteiger charge is -2.24. The van der Waals surface area contributed by atoms with Gasteiger partial charge in [0.1, 0.15) is 0 Å². The van der Waals surface area contributed by atoms with Crippen LogP contribution < -0.4 is 5.32 Å². The highest BCUT2D eigenvalue weighted by Crippen LogP contribution is 2.16. The van der Waals surface area contributed by atoms with Gasteiger partial charge < -0.3 is 10.2 Å². The molecule has 0 spiro atoms. The minimum Gasteiger partial charge on any atom is -0.309 e. The quantitative estimate of drug-likeness (QED) is 0.731. The lowest BCUT2D eigenvalue weighted by molar-refractivity contribution is 0.303. The van der Waals surface area contributed by atoms with Gasteiger partial charge in [-0.2, -0.15) is 0 Å². The second-order valence-electron chi connectivity index (χ2n) is 5.35. The second kappa shape index (κ2) is 9.11. The van der Waals surface area contributed by atoms with Gasteiger partial charge in [-0.15, -0.1) is 0 Å². The van der Waals surface area contributed by atoms with Crippen LogP contribution in [0.15, 0.2) is 24.3 Å². The predicted molar refractivity (Wildman–Crippen MR) is 84.6 cm³/mol. The zero-order valence-electron chi connectivity index (χ0n) is 13.1. The lowest BCUT2D eigenvalue weighted by atomic mass is 10.0. The van der Waals surface area contributed by atoms with E-state index in [9.17, 15) is 0 Å². The molecule has 0 aliphatic rings. The van der Waals surface area contributed by atoms with Crippen molar-refractivity contribution >= 4 is 0 Å². The summed E-state index contributed by atoms with van der Waals surface area (Å²) in [5.41, 5.74) is 2.86. The van der Waals surface area contributed by atoms with E-state index in [1.807, 2.05) is 0 Å². The molecule has 0 saturated carbocycles. The maximum absolute atomic E-state index is 3.66. The first-order valence-corrected chi connectivity index (χ1v) is 7.72. The molecule has 1 unspecified atom stereocenters. The van der Waals surface area contributed by atoms with Gasteiger partial charge in [0.05, 0.1) is 0 Å². The highest BCUT2D eigenvalue weighted by Gasteiger charge is 2.12. The summed E-state index contributed by atoms with van der Waals surface area (Å²) < 4.78 is 0. The first kappa shape index (κ1) is 16.2. The highest BCUT2D eigenvalue weighted by molar-refractivity contribution is 5.25. The van der Waals surface area contributed by atoms with Crippen molar-refractivity contribution in [2.75, 3.05) is 26.7 Å². The predicted octanol–water partition coefficient (Wildman–Crippen LogP) is 3.63. The van der Waals surface area contributed by atoms with Gasteiger partial charge in [-0.25, -0.2) is 0 Å². The van der Waals surface area contributed by atoms with Gasteiger partial charge in [-0.3, -0.25) is 0 Å². The van der Waals surface area contributed by atoms with E-state index in [-0.39, 0.29) is 0 Å². The van der Waals surface area contributed by atoms with Crippen LogP contribution in [0.3, 0.4) is 0 Å². The van der Waals surface area contributed by atoms with Gasteiger partial charge in [-0.1, -0.05) is 51.5 Å². The van der Waals surface area contributed by atoms with E-state index in [0.29, 0.717) is 6.04 Å². The molecule has 2 nitrogen and oxygen atoms in total. The Kier molecular flexibility index (Phi) is 7.76. The average molecular weight is 262 g/mol. The Morgan fingerprint density at radius 3 is 2.26 bits per heavy atom. The third kappa shape index (κ3) is 5.75. The van der Waals surface area contributed by atoms with Crippen LogP contribution in [0.5, 0.6) is 0 Å². The molecule has 0 bridgehead atoms. The van der Waals surface area contributed by atoms with E-state index in [1.54, 1.807) is 0 Å². The Morgan fingerprint density at radius 2 is 1.74 bits per heavy atom. The van der Waals surface area contributed by atoms with Crippen molar-refractivity contribution in [2.24, 2.45) is 0 Å². The summed E-state index contributed by atoms with van der Waals surface area (Å²) in [6.07, 6.45) is 3.58. The summed E-state index contributed by atoms with van der Waals surface area (Å²) in [5, 5.41) is 3.66. The molecule has 1 N–H and O–H groups in total. The van der Waals surface area contributed by atoms with Gasteiger partial charge in [0.15, 0.2) is 0 Å². The van der Waals surface area contributed by atoms with E-state index in [1.165, 1.54) is 30.4 Å². The molecule has 1 aromatic carbocycles. The highest BCUT2D eigenvalue weighted by atomic mass is 15.1. The molecule has 1 aromatic rings. The summed E-state index contributed by atoms with van der Waals surface area (Å²) in [6.45, 7) is 9.91. The van der Waals surface area contributed by atoms with Crippen molar-refractivity contribution in [3.8, 4) is 0 Å². The Balaban J connectivity index is 2.71. The molecule has 0 saturated heterocycles. The van der Waals surface area contributed by atoms with E-state index in [4.69, 9.17) is 0 Å². The fourth-order valence-corrected chi connectivity index (χ4v) is 2.25.